The number of hydrogen-bond acceptors (Lipinski definition) is 4. The molecule has 0 saturated carbocycles. The number of carbonyl (C=O) groups excluding carboxylic acids is 2. The molecule has 0 radical (unpaired) electrons. The van der Waals surface area contributed by atoms with Gasteiger partial charge in [-0.3, -0.25) is 9.59 Å². The Hall–Kier alpha value is -2.93. The second kappa shape index (κ2) is 8.21. The van der Waals surface area contributed by atoms with Crippen LogP contribution in [-0.2, 0) is 9.59 Å². The molecule has 0 unspecified atom stereocenters. The highest BCUT2D eigenvalue weighted by molar-refractivity contribution is 6.21. The molecule has 6 nitrogen and oxygen atoms in total. The molecule has 7 heteroatoms. The summed E-state index contributed by atoms with van der Waals surface area (Å²) in [4.78, 5) is 30.0. The van der Waals surface area contributed by atoms with Crippen LogP contribution in [0.5, 0.6) is 5.75 Å². The van der Waals surface area contributed by atoms with Gasteiger partial charge < -0.3 is 14.5 Å². The topological polar surface area (TPSA) is 54.3 Å². The standard InChI is InChI=1S/C22H24FN3O3/c1-2-29-17-9-7-16(8-10-17)26-21(27)15-20(22(26)28)25-13-11-24(12-14-25)19-6-4-3-5-18(19)23/h3-10,20H,2,11-15H2,1H3/p+1/t20-/m0/s1. The van der Waals surface area contributed by atoms with Crippen LogP contribution in [0.4, 0.5) is 15.8 Å². The first kappa shape index (κ1) is 19.4. The quantitative estimate of drug-likeness (QED) is 0.771. The van der Waals surface area contributed by atoms with Gasteiger partial charge in [0, 0.05) is 0 Å². The number of rotatable bonds is 5. The fraction of sp³-hybridized carbons (Fsp3) is 0.364. The summed E-state index contributed by atoms with van der Waals surface area (Å²) in [6, 6.07) is 13.4. The third kappa shape index (κ3) is 3.82. The largest absolute Gasteiger partial charge is 0.494 e. The predicted molar refractivity (Wildman–Crippen MR) is 108 cm³/mol. The minimum atomic E-state index is -0.378. The Balaban J connectivity index is 1.42. The van der Waals surface area contributed by atoms with Crippen molar-refractivity contribution in [1.29, 1.82) is 0 Å². The van der Waals surface area contributed by atoms with Crippen LogP contribution < -0.4 is 19.4 Å². The average molecular weight is 398 g/mol. The molecule has 4 rings (SSSR count). The highest BCUT2D eigenvalue weighted by atomic mass is 19.1. The highest BCUT2D eigenvalue weighted by Gasteiger charge is 2.46. The number of benzene rings is 2. The average Bonchev–Trinajstić information content (AvgIpc) is 3.03. The van der Waals surface area contributed by atoms with Gasteiger partial charge in [0.15, 0.2) is 6.04 Å². The molecule has 2 heterocycles. The van der Waals surface area contributed by atoms with Crippen molar-refractivity contribution in [2.75, 3.05) is 42.6 Å². The Morgan fingerprint density at radius 2 is 1.76 bits per heavy atom. The van der Waals surface area contributed by atoms with Crippen LogP contribution in [0, 0.1) is 5.82 Å². The minimum Gasteiger partial charge on any atom is -0.494 e. The number of hydrogen-bond donors (Lipinski definition) is 1. The van der Waals surface area contributed by atoms with Gasteiger partial charge in [0.25, 0.3) is 5.91 Å². The molecule has 2 fully saturated rings. The molecule has 0 aliphatic carbocycles. The van der Waals surface area contributed by atoms with E-state index in [1.807, 2.05) is 17.9 Å². The van der Waals surface area contributed by atoms with Crippen molar-refractivity contribution in [3.05, 3.63) is 54.3 Å². The number of anilines is 2. The minimum absolute atomic E-state index is 0.159. The first-order valence-corrected chi connectivity index (χ1v) is 10.0. The summed E-state index contributed by atoms with van der Waals surface area (Å²) in [6.45, 7) is 5.14. The lowest BCUT2D eigenvalue weighted by molar-refractivity contribution is -0.915. The van der Waals surface area contributed by atoms with E-state index in [4.69, 9.17) is 4.74 Å². The number of para-hydroxylation sites is 1. The molecular formula is C22H25FN3O3+. The molecule has 2 aliphatic heterocycles. The SMILES string of the molecule is CCOc1ccc(N2C(=O)C[C@H]([NH+]3CCN(c4ccccc4F)CC3)C2=O)cc1. The maximum absolute atomic E-state index is 14.0. The van der Waals surface area contributed by atoms with Crippen molar-refractivity contribution < 1.29 is 23.6 Å². The molecule has 2 aromatic carbocycles. The van der Waals surface area contributed by atoms with Crippen molar-refractivity contribution in [3.8, 4) is 5.75 Å². The Morgan fingerprint density at radius 3 is 2.41 bits per heavy atom. The summed E-state index contributed by atoms with van der Waals surface area (Å²) in [7, 11) is 0. The van der Waals surface area contributed by atoms with E-state index < -0.39 is 0 Å². The maximum Gasteiger partial charge on any atom is 0.292 e. The maximum atomic E-state index is 14.0. The van der Waals surface area contributed by atoms with Crippen LogP contribution in [-0.4, -0.2) is 50.6 Å². The zero-order valence-corrected chi connectivity index (χ0v) is 16.4. The number of nitrogens with one attached hydrogen (secondary N) is 1. The van der Waals surface area contributed by atoms with E-state index >= 15 is 0 Å². The monoisotopic (exact) mass is 398 g/mol. The summed E-state index contributed by atoms with van der Waals surface area (Å²) in [5.41, 5.74) is 1.17. The summed E-state index contributed by atoms with van der Waals surface area (Å²) >= 11 is 0. The summed E-state index contributed by atoms with van der Waals surface area (Å²) in [6.07, 6.45) is 0.209. The van der Waals surface area contributed by atoms with Crippen LogP contribution in [0.3, 0.4) is 0 Å². The normalized spacial score (nSPS) is 20.4. The molecule has 0 spiro atoms. The highest BCUT2D eigenvalue weighted by Crippen LogP contribution is 2.25. The fourth-order valence-corrected chi connectivity index (χ4v) is 4.17. The number of imide groups is 1. The molecule has 1 atom stereocenters. The van der Waals surface area contributed by atoms with E-state index in [1.165, 1.54) is 11.0 Å². The van der Waals surface area contributed by atoms with E-state index in [9.17, 15) is 14.0 Å². The molecule has 29 heavy (non-hydrogen) atoms. The van der Waals surface area contributed by atoms with Crippen molar-refractivity contribution in [1.82, 2.24) is 0 Å². The summed E-state index contributed by atoms with van der Waals surface area (Å²) < 4.78 is 19.5. The lowest BCUT2D eigenvalue weighted by atomic mass is 10.1. The first-order valence-electron chi connectivity index (χ1n) is 10.0. The first-order chi connectivity index (χ1) is 14.1. The van der Waals surface area contributed by atoms with Crippen molar-refractivity contribution >= 4 is 23.2 Å². The van der Waals surface area contributed by atoms with Crippen LogP contribution in [0.1, 0.15) is 13.3 Å². The van der Waals surface area contributed by atoms with Crippen molar-refractivity contribution in [2.45, 2.75) is 19.4 Å². The number of nitrogens with zero attached hydrogens (tertiary/aromatic N) is 2. The Labute approximate surface area is 169 Å². The number of quaternary nitrogens is 1. The molecule has 0 aromatic heterocycles. The lowest BCUT2D eigenvalue weighted by Crippen LogP contribution is -3.19. The molecule has 0 bridgehead atoms. The van der Waals surface area contributed by atoms with Crippen LogP contribution in [0.25, 0.3) is 0 Å². The molecule has 2 saturated heterocycles. The number of piperazine rings is 1. The third-order valence-corrected chi connectivity index (χ3v) is 5.64. The lowest BCUT2D eigenvalue weighted by Gasteiger charge is -2.35. The van der Waals surface area contributed by atoms with Crippen LogP contribution in [0.15, 0.2) is 48.5 Å². The van der Waals surface area contributed by atoms with Gasteiger partial charge in [-0.15, -0.1) is 0 Å². The van der Waals surface area contributed by atoms with Crippen LogP contribution in [0.2, 0.25) is 0 Å². The zero-order valence-electron chi connectivity index (χ0n) is 16.4. The summed E-state index contributed by atoms with van der Waals surface area (Å²) in [5.74, 6) is 0.147. The van der Waals surface area contributed by atoms with Gasteiger partial charge in [-0.2, -0.15) is 0 Å². The van der Waals surface area contributed by atoms with Crippen molar-refractivity contribution in [3.63, 3.8) is 0 Å². The molecule has 152 valence electrons. The van der Waals surface area contributed by atoms with Crippen molar-refractivity contribution in [2.24, 2.45) is 0 Å². The van der Waals surface area contributed by atoms with Gasteiger partial charge in [0.1, 0.15) is 11.6 Å². The van der Waals surface area contributed by atoms with Gasteiger partial charge >= 0.3 is 0 Å². The van der Waals surface area contributed by atoms with E-state index in [0.29, 0.717) is 49.9 Å². The molecule has 2 aliphatic rings. The number of carbonyl (C=O) groups is 2. The number of amides is 2. The Bertz CT molecular complexity index is 894. The van der Waals surface area contributed by atoms with Gasteiger partial charge in [0.05, 0.1) is 50.6 Å². The van der Waals surface area contributed by atoms with Crippen LogP contribution >= 0.6 is 0 Å². The van der Waals surface area contributed by atoms with Gasteiger partial charge in [-0.1, -0.05) is 12.1 Å². The van der Waals surface area contributed by atoms with E-state index in [0.717, 1.165) is 4.90 Å². The van der Waals surface area contributed by atoms with Gasteiger partial charge in [-0.25, -0.2) is 9.29 Å². The molecule has 2 aromatic rings. The van der Waals surface area contributed by atoms with E-state index in [2.05, 4.69) is 0 Å². The zero-order chi connectivity index (χ0) is 20.4. The fourth-order valence-electron chi connectivity index (χ4n) is 4.17. The second-order valence-electron chi connectivity index (χ2n) is 7.35. The Kier molecular flexibility index (Phi) is 5.49. The molecular weight excluding hydrogens is 373 g/mol. The van der Waals surface area contributed by atoms with Gasteiger partial charge in [-0.05, 0) is 43.3 Å². The number of ether oxygens (including phenoxy) is 1. The van der Waals surface area contributed by atoms with E-state index in [1.54, 1.807) is 36.4 Å². The third-order valence-electron chi connectivity index (χ3n) is 5.64. The van der Waals surface area contributed by atoms with Gasteiger partial charge in [0.2, 0.25) is 5.91 Å². The van der Waals surface area contributed by atoms with E-state index in [-0.39, 0.29) is 30.1 Å². The summed E-state index contributed by atoms with van der Waals surface area (Å²) in [5, 5.41) is 0. The second-order valence-corrected chi connectivity index (χ2v) is 7.35. The smallest absolute Gasteiger partial charge is 0.292 e. The Morgan fingerprint density at radius 1 is 1.07 bits per heavy atom. The number of halogens is 1. The molecule has 2 amide bonds. The molecule has 1 N–H and O–H groups in total. The predicted octanol–water partition coefficient (Wildman–Crippen LogP) is 1.26.